The number of hydrogen-bond acceptors (Lipinski definition) is 7. The molecule has 0 unspecified atom stereocenters. The fraction of sp³-hybridized carbons (Fsp3) is 0.100. The molecule has 10 heteroatoms. The zero-order chi connectivity index (χ0) is 21.7. The molecular formula is C20H16N2O6S2. The summed E-state index contributed by atoms with van der Waals surface area (Å²) in [5.41, 5.74) is 3.34. The minimum Gasteiger partial charge on any atom is -0.497 e. The average Bonchev–Trinajstić information content (AvgIpc) is 3.00. The normalized spacial score (nSPS) is 14.7. The molecule has 0 atom stereocenters. The Morgan fingerprint density at radius 2 is 1.90 bits per heavy atom. The van der Waals surface area contributed by atoms with Crippen LogP contribution in [0, 0.1) is 0 Å². The van der Waals surface area contributed by atoms with Crippen LogP contribution in [0.5, 0.6) is 11.5 Å². The van der Waals surface area contributed by atoms with Gasteiger partial charge in [0.15, 0.2) is 10.9 Å². The summed E-state index contributed by atoms with van der Waals surface area (Å²) in [6.07, 6.45) is 1.54. The molecule has 1 fully saturated rings. The molecule has 30 heavy (non-hydrogen) atoms. The van der Waals surface area contributed by atoms with Gasteiger partial charge in [-0.25, -0.2) is 4.79 Å². The van der Waals surface area contributed by atoms with Gasteiger partial charge >= 0.3 is 5.97 Å². The molecule has 3 rings (SSSR count). The van der Waals surface area contributed by atoms with E-state index in [0.717, 1.165) is 16.8 Å². The number of hydrogen-bond donors (Lipinski definition) is 2. The van der Waals surface area contributed by atoms with E-state index in [1.807, 2.05) is 0 Å². The van der Waals surface area contributed by atoms with Gasteiger partial charge in [-0.05, 0) is 48.6 Å². The van der Waals surface area contributed by atoms with Crippen LogP contribution in [-0.2, 0) is 9.59 Å². The summed E-state index contributed by atoms with van der Waals surface area (Å²) in [6, 6.07) is 13.1. The van der Waals surface area contributed by atoms with Gasteiger partial charge in [-0.1, -0.05) is 30.0 Å². The average molecular weight is 444 g/mol. The first-order valence-electron chi connectivity index (χ1n) is 8.55. The number of hydrazine groups is 1. The number of carbonyl (C=O) groups excluding carboxylic acids is 2. The molecule has 0 radical (unpaired) electrons. The van der Waals surface area contributed by atoms with Crippen molar-refractivity contribution < 1.29 is 29.0 Å². The molecule has 1 aliphatic rings. The third-order valence-electron chi connectivity index (χ3n) is 3.92. The first-order chi connectivity index (χ1) is 14.4. The number of carbonyl (C=O) groups is 3. The van der Waals surface area contributed by atoms with Crippen LogP contribution in [0.4, 0.5) is 0 Å². The molecule has 154 valence electrons. The third-order valence-corrected chi connectivity index (χ3v) is 5.22. The van der Waals surface area contributed by atoms with Gasteiger partial charge in [0.2, 0.25) is 0 Å². The number of ether oxygens (including phenoxy) is 2. The van der Waals surface area contributed by atoms with E-state index >= 15 is 0 Å². The number of benzene rings is 2. The second kappa shape index (κ2) is 9.42. The Morgan fingerprint density at radius 1 is 1.20 bits per heavy atom. The van der Waals surface area contributed by atoms with Crippen molar-refractivity contribution in [2.45, 2.75) is 0 Å². The quantitative estimate of drug-likeness (QED) is 0.496. The molecule has 2 aromatic carbocycles. The summed E-state index contributed by atoms with van der Waals surface area (Å²) < 4.78 is 10.5. The number of nitrogens with one attached hydrogen (secondary N) is 1. The van der Waals surface area contributed by atoms with Crippen molar-refractivity contribution in [3.05, 3.63) is 64.6 Å². The number of carboxylic acids is 1. The number of carboxylic acid groups (broad SMARTS) is 1. The second-order valence-electron chi connectivity index (χ2n) is 5.91. The highest BCUT2D eigenvalue weighted by atomic mass is 32.2. The molecule has 2 N–H and O–H groups in total. The van der Waals surface area contributed by atoms with Crippen molar-refractivity contribution >= 4 is 52.2 Å². The van der Waals surface area contributed by atoms with E-state index in [-0.39, 0.29) is 9.23 Å². The summed E-state index contributed by atoms with van der Waals surface area (Å²) >= 11 is 6.24. The molecule has 0 bridgehead atoms. The van der Waals surface area contributed by atoms with Crippen LogP contribution in [0.25, 0.3) is 6.08 Å². The predicted octanol–water partition coefficient (Wildman–Crippen LogP) is 2.70. The van der Waals surface area contributed by atoms with Crippen molar-refractivity contribution in [3.8, 4) is 11.5 Å². The Morgan fingerprint density at radius 3 is 2.57 bits per heavy atom. The molecule has 0 saturated carbocycles. The highest BCUT2D eigenvalue weighted by Gasteiger charge is 2.34. The number of rotatable bonds is 7. The Hall–Kier alpha value is -3.37. The van der Waals surface area contributed by atoms with Gasteiger partial charge in [-0.3, -0.25) is 15.0 Å². The molecule has 1 heterocycles. The lowest BCUT2D eigenvalue weighted by atomic mass is 10.2. The maximum absolute atomic E-state index is 12.7. The standard InChI is InChI=1S/C20H16N2O6S2/c1-27-14-8-6-12(7-9-14)18(25)21-22-19(26)16(30-20(22)29)10-13-4-2-3-5-15(13)28-11-17(23)24/h2-10H,11H2,1H3,(H,21,25)(H,23,24). The SMILES string of the molecule is COc1ccc(C(=O)NN2C(=O)C(=Cc3ccccc3OCC(=O)O)SC2=S)cc1. The molecule has 2 aromatic rings. The van der Waals surface area contributed by atoms with Crippen molar-refractivity contribution in [1.82, 2.24) is 10.4 Å². The Labute approximate surface area is 181 Å². The van der Waals surface area contributed by atoms with Crippen LogP contribution >= 0.6 is 24.0 Å². The van der Waals surface area contributed by atoms with E-state index < -0.39 is 24.4 Å². The fourth-order valence-corrected chi connectivity index (χ4v) is 3.65. The van der Waals surface area contributed by atoms with Crippen LogP contribution < -0.4 is 14.9 Å². The number of para-hydroxylation sites is 1. The third kappa shape index (κ3) is 4.97. The smallest absolute Gasteiger partial charge is 0.341 e. The Bertz CT molecular complexity index is 1040. The van der Waals surface area contributed by atoms with Gasteiger partial charge in [-0.15, -0.1) is 0 Å². The molecule has 8 nitrogen and oxygen atoms in total. The summed E-state index contributed by atoms with van der Waals surface area (Å²) in [7, 11) is 1.52. The zero-order valence-corrected chi connectivity index (χ0v) is 17.3. The number of aliphatic carboxylic acids is 1. The minimum absolute atomic E-state index is 0.164. The van der Waals surface area contributed by atoms with E-state index in [1.165, 1.54) is 13.2 Å². The van der Waals surface area contributed by atoms with E-state index in [9.17, 15) is 14.4 Å². The lowest BCUT2D eigenvalue weighted by Gasteiger charge is -2.15. The number of thiocarbonyl (C=S) groups is 1. The number of amides is 2. The first-order valence-corrected chi connectivity index (χ1v) is 9.78. The van der Waals surface area contributed by atoms with Crippen LogP contribution in [0.2, 0.25) is 0 Å². The molecule has 1 saturated heterocycles. The fourth-order valence-electron chi connectivity index (χ4n) is 2.48. The zero-order valence-electron chi connectivity index (χ0n) is 15.7. The van der Waals surface area contributed by atoms with Crippen molar-refractivity contribution in [1.29, 1.82) is 0 Å². The van der Waals surface area contributed by atoms with E-state index in [2.05, 4.69) is 5.43 Å². The maximum atomic E-state index is 12.7. The second-order valence-corrected chi connectivity index (χ2v) is 7.58. The minimum atomic E-state index is -1.11. The number of methoxy groups -OCH3 is 1. The maximum Gasteiger partial charge on any atom is 0.341 e. The van der Waals surface area contributed by atoms with E-state index in [4.69, 9.17) is 26.8 Å². The molecule has 0 spiro atoms. The van der Waals surface area contributed by atoms with E-state index in [1.54, 1.807) is 48.5 Å². The lowest BCUT2D eigenvalue weighted by Crippen LogP contribution is -2.44. The Balaban J connectivity index is 1.76. The first kappa shape index (κ1) is 21.3. The van der Waals surface area contributed by atoms with Gasteiger partial charge in [0.1, 0.15) is 11.5 Å². The van der Waals surface area contributed by atoms with Gasteiger partial charge in [0, 0.05) is 11.1 Å². The summed E-state index contributed by atoms with van der Waals surface area (Å²) in [4.78, 5) is 36.2. The molecular weight excluding hydrogens is 428 g/mol. The summed E-state index contributed by atoms with van der Waals surface area (Å²) in [6.45, 7) is -0.510. The van der Waals surface area contributed by atoms with Gasteiger partial charge in [0.25, 0.3) is 11.8 Å². The molecule has 0 aromatic heterocycles. The summed E-state index contributed by atoms with van der Waals surface area (Å²) in [5.74, 6) is -1.20. The van der Waals surface area contributed by atoms with Crippen LogP contribution in [0.3, 0.4) is 0 Å². The van der Waals surface area contributed by atoms with Gasteiger partial charge in [-0.2, -0.15) is 5.01 Å². The van der Waals surface area contributed by atoms with Crippen LogP contribution in [-0.4, -0.2) is 45.9 Å². The number of nitrogens with zero attached hydrogens (tertiary/aromatic N) is 1. The van der Waals surface area contributed by atoms with Gasteiger partial charge < -0.3 is 14.6 Å². The van der Waals surface area contributed by atoms with Crippen molar-refractivity contribution in [2.75, 3.05) is 13.7 Å². The topological polar surface area (TPSA) is 105 Å². The molecule has 0 aliphatic carbocycles. The van der Waals surface area contributed by atoms with Crippen LogP contribution in [0.15, 0.2) is 53.4 Å². The van der Waals surface area contributed by atoms with Crippen molar-refractivity contribution in [3.63, 3.8) is 0 Å². The number of thioether (sulfide) groups is 1. The monoisotopic (exact) mass is 444 g/mol. The van der Waals surface area contributed by atoms with E-state index in [0.29, 0.717) is 22.6 Å². The lowest BCUT2D eigenvalue weighted by molar-refractivity contribution is -0.139. The predicted molar refractivity (Wildman–Crippen MR) is 115 cm³/mol. The van der Waals surface area contributed by atoms with Crippen molar-refractivity contribution in [2.24, 2.45) is 0 Å². The Kier molecular flexibility index (Phi) is 6.70. The highest BCUT2D eigenvalue weighted by molar-refractivity contribution is 8.26. The highest BCUT2D eigenvalue weighted by Crippen LogP contribution is 2.33. The molecule has 1 aliphatic heterocycles. The van der Waals surface area contributed by atoms with Crippen LogP contribution in [0.1, 0.15) is 15.9 Å². The summed E-state index contributed by atoms with van der Waals surface area (Å²) in [5, 5.41) is 9.80. The van der Waals surface area contributed by atoms with Gasteiger partial charge in [0.05, 0.1) is 12.0 Å². The molecule has 2 amide bonds. The largest absolute Gasteiger partial charge is 0.497 e.